The largest absolute Gasteiger partial charge is 0.392 e. The molecule has 2 rings (SSSR count). The molecule has 4 heteroatoms. The van der Waals surface area contributed by atoms with Crippen LogP contribution in [0.25, 0.3) is 5.82 Å². The molecule has 0 saturated carbocycles. The van der Waals surface area contributed by atoms with Crippen LogP contribution in [-0.2, 0) is 6.61 Å². The third kappa shape index (κ3) is 2.01. The fraction of sp³-hybridized carbons (Fsp3) is 0.167. The van der Waals surface area contributed by atoms with Gasteiger partial charge in [-0.15, -0.1) is 0 Å². The second-order valence-electron chi connectivity index (χ2n) is 3.60. The van der Waals surface area contributed by atoms with Crippen molar-refractivity contribution in [3.8, 4) is 5.82 Å². The van der Waals surface area contributed by atoms with Crippen molar-refractivity contribution in [2.24, 2.45) is 0 Å². The van der Waals surface area contributed by atoms with Gasteiger partial charge in [0.2, 0.25) is 0 Å². The van der Waals surface area contributed by atoms with Gasteiger partial charge in [0.1, 0.15) is 5.82 Å². The molecule has 0 unspecified atom stereocenters. The minimum absolute atomic E-state index is 0.128. The maximum atomic E-state index is 11.7. The monoisotopic (exact) mass is 216 g/mol. The smallest absolute Gasteiger partial charge is 0.256 e. The number of hydrogen-bond donors (Lipinski definition) is 1. The van der Waals surface area contributed by atoms with Crippen molar-refractivity contribution in [1.82, 2.24) is 9.55 Å². The lowest BCUT2D eigenvalue weighted by molar-refractivity contribution is 0.281. The number of rotatable bonds is 2. The van der Waals surface area contributed by atoms with Gasteiger partial charge in [-0.2, -0.15) is 0 Å². The fourth-order valence-electron chi connectivity index (χ4n) is 1.41. The Morgan fingerprint density at radius 2 is 2.19 bits per heavy atom. The van der Waals surface area contributed by atoms with E-state index in [1.54, 1.807) is 24.5 Å². The molecule has 2 aromatic heterocycles. The third-order valence-corrected chi connectivity index (χ3v) is 2.31. The first-order valence-electron chi connectivity index (χ1n) is 4.96. The Morgan fingerprint density at radius 1 is 1.38 bits per heavy atom. The van der Waals surface area contributed by atoms with Gasteiger partial charge in [0, 0.05) is 18.5 Å². The molecule has 0 radical (unpaired) electrons. The van der Waals surface area contributed by atoms with E-state index in [0.717, 1.165) is 5.56 Å². The van der Waals surface area contributed by atoms with Crippen molar-refractivity contribution >= 4 is 0 Å². The summed E-state index contributed by atoms with van der Waals surface area (Å²) in [6, 6.07) is 6.79. The molecule has 0 saturated heterocycles. The number of hydrogen-bond acceptors (Lipinski definition) is 3. The van der Waals surface area contributed by atoms with E-state index in [0.29, 0.717) is 11.4 Å². The highest BCUT2D eigenvalue weighted by molar-refractivity contribution is 5.26. The van der Waals surface area contributed by atoms with E-state index >= 15 is 0 Å². The van der Waals surface area contributed by atoms with E-state index in [1.165, 1.54) is 10.6 Å². The van der Waals surface area contributed by atoms with Crippen molar-refractivity contribution in [3.63, 3.8) is 0 Å². The number of aliphatic hydroxyl groups is 1. The molecule has 0 bridgehead atoms. The molecule has 0 aromatic carbocycles. The molecule has 0 fully saturated rings. The summed E-state index contributed by atoms with van der Waals surface area (Å²) in [5, 5.41) is 8.90. The Morgan fingerprint density at radius 3 is 2.75 bits per heavy atom. The first-order chi connectivity index (χ1) is 7.70. The first kappa shape index (κ1) is 10.6. The molecule has 2 aromatic rings. The molecule has 82 valence electrons. The highest BCUT2D eigenvalue weighted by Gasteiger charge is 2.01. The average molecular weight is 216 g/mol. The first-order valence-corrected chi connectivity index (χ1v) is 4.96. The van der Waals surface area contributed by atoms with E-state index in [1.807, 2.05) is 13.0 Å². The molecule has 1 N–H and O–H groups in total. The van der Waals surface area contributed by atoms with Crippen LogP contribution in [0.3, 0.4) is 0 Å². The third-order valence-electron chi connectivity index (χ3n) is 2.31. The van der Waals surface area contributed by atoms with Gasteiger partial charge >= 0.3 is 0 Å². The van der Waals surface area contributed by atoms with Crippen LogP contribution < -0.4 is 5.56 Å². The van der Waals surface area contributed by atoms with Crippen LogP contribution in [0, 0.1) is 6.92 Å². The predicted molar refractivity (Wildman–Crippen MR) is 60.5 cm³/mol. The summed E-state index contributed by atoms with van der Waals surface area (Å²) in [6.45, 7) is 1.81. The Labute approximate surface area is 92.8 Å². The zero-order valence-corrected chi connectivity index (χ0v) is 8.92. The van der Waals surface area contributed by atoms with Gasteiger partial charge in [-0.05, 0) is 30.2 Å². The lowest BCUT2D eigenvalue weighted by Gasteiger charge is -2.05. The van der Waals surface area contributed by atoms with Gasteiger partial charge in [-0.1, -0.05) is 6.07 Å². The number of nitrogens with zero attached hydrogens (tertiary/aromatic N) is 2. The van der Waals surface area contributed by atoms with Crippen molar-refractivity contribution in [2.45, 2.75) is 13.5 Å². The number of aliphatic hydroxyl groups excluding tert-OH is 1. The second-order valence-corrected chi connectivity index (χ2v) is 3.60. The molecule has 0 aliphatic carbocycles. The summed E-state index contributed by atoms with van der Waals surface area (Å²) in [6.07, 6.45) is 3.33. The quantitative estimate of drug-likeness (QED) is 0.815. The van der Waals surface area contributed by atoms with Gasteiger partial charge in [-0.3, -0.25) is 9.36 Å². The summed E-state index contributed by atoms with van der Waals surface area (Å²) < 4.78 is 1.44. The van der Waals surface area contributed by atoms with Crippen LogP contribution in [0.15, 0.2) is 41.5 Å². The second kappa shape index (κ2) is 4.28. The minimum Gasteiger partial charge on any atom is -0.392 e. The summed E-state index contributed by atoms with van der Waals surface area (Å²) in [5.41, 5.74) is 1.46. The summed E-state index contributed by atoms with van der Waals surface area (Å²) in [7, 11) is 0. The fourth-order valence-corrected chi connectivity index (χ4v) is 1.41. The van der Waals surface area contributed by atoms with E-state index in [9.17, 15) is 4.79 Å². The van der Waals surface area contributed by atoms with Crippen LogP contribution in [0.5, 0.6) is 0 Å². The molecule has 0 aliphatic heterocycles. The normalized spacial score (nSPS) is 10.4. The summed E-state index contributed by atoms with van der Waals surface area (Å²) in [5.74, 6) is 0.583. The van der Waals surface area contributed by atoms with E-state index < -0.39 is 0 Å². The van der Waals surface area contributed by atoms with Crippen LogP contribution >= 0.6 is 0 Å². The van der Waals surface area contributed by atoms with Crippen LogP contribution in [0.2, 0.25) is 0 Å². The van der Waals surface area contributed by atoms with Crippen LogP contribution in [-0.4, -0.2) is 14.7 Å². The van der Waals surface area contributed by atoms with Crippen LogP contribution in [0.1, 0.15) is 11.1 Å². The molecule has 0 amide bonds. The van der Waals surface area contributed by atoms with Crippen molar-refractivity contribution < 1.29 is 5.11 Å². The standard InChI is InChI=1S/C12H12N2O2/c1-9-2-3-11(13-7-9)14-5-4-10(8-15)6-12(14)16/h2-7,15H,8H2,1H3. The highest BCUT2D eigenvalue weighted by Crippen LogP contribution is 2.03. The highest BCUT2D eigenvalue weighted by atomic mass is 16.3. The minimum atomic E-state index is -0.192. The molecular weight excluding hydrogens is 204 g/mol. The van der Waals surface area contributed by atoms with Gasteiger partial charge in [0.25, 0.3) is 5.56 Å². The molecule has 0 spiro atoms. The average Bonchev–Trinajstić information content (AvgIpc) is 2.30. The molecule has 4 nitrogen and oxygen atoms in total. The SMILES string of the molecule is Cc1ccc(-n2ccc(CO)cc2=O)nc1. The molecule has 2 heterocycles. The number of pyridine rings is 2. The summed E-state index contributed by atoms with van der Waals surface area (Å²) >= 11 is 0. The lowest BCUT2D eigenvalue weighted by atomic mass is 10.3. The van der Waals surface area contributed by atoms with E-state index in [-0.39, 0.29) is 12.2 Å². The maximum absolute atomic E-state index is 11.7. The number of aryl methyl sites for hydroxylation is 1. The molecule has 16 heavy (non-hydrogen) atoms. The zero-order valence-electron chi connectivity index (χ0n) is 8.92. The Kier molecular flexibility index (Phi) is 2.83. The molecule has 0 aliphatic rings. The summed E-state index contributed by atoms with van der Waals surface area (Å²) in [4.78, 5) is 15.9. The Balaban J connectivity index is 2.48. The predicted octanol–water partition coefficient (Wildman–Crippen LogP) is 1.03. The Hall–Kier alpha value is -1.94. The van der Waals surface area contributed by atoms with Gasteiger partial charge in [-0.25, -0.2) is 4.98 Å². The zero-order chi connectivity index (χ0) is 11.5. The molecule has 0 atom stereocenters. The van der Waals surface area contributed by atoms with Crippen molar-refractivity contribution in [1.29, 1.82) is 0 Å². The lowest BCUT2D eigenvalue weighted by Crippen LogP contribution is -2.18. The van der Waals surface area contributed by atoms with Gasteiger partial charge in [0.05, 0.1) is 6.61 Å². The van der Waals surface area contributed by atoms with Crippen LogP contribution in [0.4, 0.5) is 0 Å². The van der Waals surface area contributed by atoms with Crippen molar-refractivity contribution in [2.75, 3.05) is 0 Å². The number of aromatic nitrogens is 2. The van der Waals surface area contributed by atoms with E-state index in [2.05, 4.69) is 4.98 Å². The molecular formula is C12H12N2O2. The Bertz CT molecular complexity index is 544. The van der Waals surface area contributed by atoms with E-state index in [4.69, 9.17) is 5.11 Å². The van der Waals surface area contributed by atoms with Gasteiger partial charge < -0.3 is 5.11 Å². The maximum Gasteiger partial charge on any atom is 0.256 e. The van der Waals surface area contributed by atoms with Crippen molar-refractivity contribution in [3.05, 3.63) is 58.1 Å². The van der Waals surface area contributed by atoms with Gasteiger partial charge in [0.15, 0.2) is 0 Å². The topological polar surface area (TPSA) is 55.1 Å².